The van der Waals surface area contributed by atoms with E-state index in [4.69, 9.17) is 5.11 Å². The van der Waals surface area contributed by atoms with Gasteiger partial charge in [-0.15, -0.1) is 0 Å². The van der Waals surface area contributed by atoms with Gasteiger partial charge in [-0.2, -0.15) is 0 Å². The molecule has 0 aliphatic heterocycles. The van der Waals surface area contributed by atoms with Crippen LogP contribution in [0.5, 0.6) is 0 Å². The maximum absolute atomic E-state index is 11.2. The van der Waals surface area contributed by atoms with Gasteiger partial charge in [0.05, 0.1) is 5.69 Å². The Balaban J connectivity index is 2.23. The van der Waals surface area contributed by atoms with E-state index < -0.39 is 5.97 Å². The molecule has 3 unspecified atom stereocenters. The van der Waals surface area contributed by atoms with Crippen LogP contribution in [0.25, 0.3) is 0 Å². The summed E-state index contributed by atoms with van der Waals surface area (Å²) in [5.74, 6) is 0.336. The van der Waals surface area contributed by atoms with Crippen LogP contribution in [0.1, 0.15) is 42.7 Å². The highest BCUT2D eigenvalue weighted by atomic mass is 16.4. The van der Waals surface area contributed by atoms with Crippen molar-refractivity contribution < 1.29 is 9.90 Å². The van der Waals surface area contributed by atoms with Crippen molar-refractivity contribution in [2.45, 2.75) is 39.7 Å². The summed E-state index contributed by atoms with van der Waals surface area (Å²) in [6.07, 6.45) is 3.73. The minimum Gasteiger partial charge on any atom is -0.478 e. The first-order chi connectivity index (χ1) is 8.49. The average Bonchev–Trinajstić information content (AvgIpc) is 2.61. The maximum atomic E-state index is 11.2. The normalized spacial score (nSPS) is 27.2. The Hall–Kier alpha value is -1.58. The molecule has 2 rings (SSSR count). The van der Waals surface area contributed by atoms with Crippen LogP contribution < -0.4 is 5.32 Å². The topological polar surface area (TPSA) is 62.2 Å². The van der Waals surface area contributed by atoms with E-state index >= 15 is 0 Å². The van der Waals surface area contributed by atoms with Crippen LogP contribution in [0.3, 0.4) is 0 Å². The second kappa shape index (κ2) is 4.96. The average molecular weight is 248 g/mol. The standard InChI is InChI=1S/C14H20N2O2/c1-8-4-5-12(10(8)3)16-13-6-9(2)15-7-11(13)14(17)18/h6-8,10,12H,4-5H2,1-3H3,(H,15,16)(H,17,18). The predicted octanol–water partition coefficient (Wildman–Crippen LogP) is 2.93. The second-order valence-corrected chi connectivity index (χ2v) is 5.34. The number of carboxylic acids is 1. The Morgan fingerprint density at radius 2 is 2.17 bits per heavy atom. The van der Waals surface area contributed by atoms with Crippen LogP contribution in [-0.4, -0.2) is 22.1 Å². The second-order valence-electron chi connectivity index (χ2n) is 5.34. The molecule has 1 aromatic rings. The van der Waals surface area contributed by atoms with E-state index in [9.17, 15) is 4.79 Å². The highest BCUT2D eigenvalue weighted by Crippen LogP contribution is 2.33. The molecule has 0 amide bonds. The number of anilines is 1. The predicted molar refractivity (Wildman–Crippen MR) is 70.9 cm³/mol. The van der Waals surface area contributed by atoms with Gasteiger partial charge < -0.3 is 10.4 Å². The third-order valence-corrected chi connectivity index (χ3v) is 4.08. The quantitative estimate of drug-likeness (QED) is 0.863. The largest absolute Gasteiger partial charge is 0.478 e. The Morgan fingerprint density at radius 3 is 2.72 bits per heavy atom. The number of aryl methyl sites for hydroxylation is 1. The van der Waals surface area contributed by atoms with Gasteiger partial charge >= 0.3 is 5.97 Å². The lowest BCUT2D eigenvalue weighted by Crippen LogP contribution is -2.25. The molecular formula is C14H20N2O2. The minimum atomic E-state index is -0.927. The summed E-state index contributed by atoms with van der Waals surface area (Å²) in [5, 5.41) is 12.6. The highest BCUT2D eigenvalue weighted by Gasteiger charge is 2.30. The number of aromatic carboxylic acids is 1. The SMILES string of the molecule is Cc1cc(NC2CCC(C)C2C)c(C(=O)O)cn1. The number of rotatable bonds is 3. The van der Waals surface area contributed by atoms with Gasteiger partial charge in [-0.1, -0.05) is 13.8 Å². The van der Waals surface area contributed by atoms with Crippen molar-refractivity contribution in [3.8, 4) is 0 Å². The summed E-state index contributed by atoms with van der Waals surface area (Å²) in [4.78, 5) is 15.2. The van der Waals surface area contributed by atoms with E-state index in [0.717, 1.165) is 12.1 Å². The fourth-order valence-electron chi connectivity index (χ4n) is 2.62. The van der Waals surface area contributed by atoms with E-state index in [1.807, 2.05) is 13.0 Å². The van der Waals surface area contributed by atoms with Crippen LogP contribution in [0.4, 0.5) is 5.69 Å². The summed E-state index contributed by atoms with van der Waals surface area (Å²) in [7, 11) is 0. The van der Waals surface area contributed by atoms with Crippen molar-refractivity contribution in [3.05, 3.63) is 23.5 Å². The van der Waals surface area contributed by atoms with Gasteiger partial charge in [0.25, 0.3) is 0 Å². The zero-order valence-electron chi connectivity index (χ0n) is 11.1. The monoisotopic (exact) mass is 248 g/mol. The molecule has 0 radical (unpaired) electrons. The fraction of sp³-hybridized carbons (Fsp3) is 0.571. The lowest BCUT2D eigenvalue weighted by atomic mass is 9.97. The van der Waals surface area contributed by atoms with E-state index in [-0.39, 0.29) is 5.56 Å². The Kier molecular flexibility index (Phi) is 3.55. The highest BCUT2D eigenvalue weighted by molar-refractivity contribution is 5.93. The number of hydrogen-bond donors (Lipinski definition) is 2. The van der Waals surface area contributed by atoms with Crippen LogP contribution >= 0.6 is 0 Å². The van der Waals surface area contributed by atoms with E-state index in [0.29, 0.717) is 23.6 Å². The van der Waals surface area contributed by atoms with Gasteiger partial charge in [0.15, 0.2) is 0 Å². The minimum absolute atomic E-state index is 0.257. The van der Waals surface area contributed by atoms with Gasteiger partial charge in [-0.25, -0.2) is 4.79 Å². The van der Waals surface area contributed by atoms with Crippen molar-refractivity contribution in [1.82, 2.24) is 4.98 Å². The van der Waals surface area contributed by atoms with E-state index in [1.54, 1.807) is 0 Å². The van der Waals surface area contributed by atoms with Gasteiger partial charge in [-0.05, 0) is 37.7 Å². The molecule has 0 aromatic carbocycles. The number of carboxylic acid groups (broad SMARTS) is 1. The molecule has 0 bridgehead atoms. The number of hydrogen-bond acceptors (Lipinski definition) is 3. The zero-order chi connectivity index (χ0) is 13.3. The van der Waals surface area contributed by atoms with Crippen molar-refractivity contribution in [1.29, 1.82) is 0 Å². The summed E-state index contributed by atoms with van der Waals surface area (Å²) in [6.45, 7) is 6.35. The number of nitrogens with zero attached hydrogens (tertiary/aromatic N) is 1. The molecule has 18 heavy (non-hydrogen) atoms. The molecule has 1 fully saturated rings. The van der Waals surface area contributed by atoms with Crippen LogP contribution in [0, 0.1) is 18.8 Å². The van der Waals surface area contributed by atoms with E-state index in [2.05, 4.69) is 24.1 Å². The van der Waals surface area contributed by atoms with E-state index in [1.165, 1.54) is 12.6 Å². The first-order valence-corrected chi connectivity index (χ1v) is 6.45. The number of aromatic nitrogens is 1. The van der Waals surface area contributed by atoms with Gasteiger partial charge in [0, 0.05) is 17.9 Å². The summed E-state index contributed by atoms with van der Waals surface area (Å²) in [6, 6.07) is 2.18. The Bertz CT molecular complexity index is 459. The number of carbonyl (C=O) groups is 1. The van der Waals surface area contributed by atoms with Crippen molar-refractivity contribution in [2.24, 2.45) is 11.8 Å². The van der Waals surface area contributed by atoms with Crippen molar-refractivity contribution in [3.63, 3.8) is 0 Å². The van der Waals surface area contributed by atoms with Crippen molar-refractivity contribution in [2.75, 3.05) is 5.32 Å². The molecule has 1 aliphatic rings. The third kappa shape index (κ3) is 2.47. The molecule has 0 spiro atoms. The molecule has 1 saturated carbocycles. The molecule has 4 heteroatoms. The molecule has 3 atom stereocenters. The van der Waals surface area contributed by atoms with Crippen LogP contribution in [0.15, 0.2) is 12.3 Å². The maximum Gasteiger partial charge on any atom is 0.339 e. The molecule has 4 nitrogen and oxygen atoms in total. The first-order valence-electron chi connectivity index (χ1n) is 6.45. The Labute approximate surface area is 107 Å². The lowest BCUT2D eigenvalue weighted by Gasteiger charge is -2.22. The molecule has 98 valence electrons. The molecular weight excluding hydrogens is 228 g/mol. The Morgan fingerprint density at radius 1 is 1.44 bits per heavy atom. The summed E-state index contributed by atoms with van der Waals surface area (Å²) < 4.78 is 0. The van der Waals surface area contributed by atoms with Gasteiger partial charge in [-0.3, -0.25) is 4.98 Å². The third-order valence-electron chi connectivity index (χ3n) is 4.08. The smallest absolute Gasteiger partial charge is 0.339 e. The van der Waals surface area contributed by atoms with Gasteiger partial charge in [0.1, 0.15) is 5.56 Å². The molecule has 0 saturated heterocycles. The first kappa shape index (κ1) is 12.9. The molecule has 1 heterocycles. The number of pyridine rings is 1. The van der Waals surface area contributed by atoms with Crippen LogP contribution in [-0.2, 0) is 0 Å². The summed E-state index contributed by atoms with van der Waals surface area (Å²) in [5.41, 5.74) is 1.79. The van der Waals surface area contributed by atoms with Gasteiger partial charge in [0.2, 0.25) is 0 Å². The molecule has 1 aliphatic carbocycles. The lowest BCUT2D eigenvalue weighted by molar-refractivity contribution is 0.0697. The van der Waals surface area contributed by atoms with Crippen LogP contribution in [0.2, 0.25) is 0 Å². The molecule has 2 N–H and O–H groups in total. The summed E-state index contributed by atoms with van der Waals surface area (Å²) >= 11 is 0. The molecule has 1 aromatic heterocycles. The van der Waals surface area contributed by atoms with Crippen molar-refractivity contribution >= 4 is 11.7 Å². The fourth-order valence-corrected chi connectivity index (χ4v) is 2.62. The zero-order valence-corrected chi connectivity index (χ0v) is 11.1. The number of nitrogens with one attached hydrogen (secondary N) is 1.